The Hall–Kier alpha value is -2.16. The highest BCUT2D eigenvalue weighted by molar-refractivity contribution is 5.79. The highest BCUT2D eigenvalue weighted by Gasteiger charge is 2.17. The first-order chi connectivity index (χ1) is 9.08. The van der Waals surface area contributed by atoms with Crippen molar-refractivity contribution in [2.75, 3.05) is 0 Å². The van der Waals surface area contributed by atoms with Gasteiger partial charge in [-0.3, -0.25) is 0 Å². The normalized spacial score (nSPS) is 10.6. The van der Waals surface area contributed by atoms with Gasteiger partial charge >= 0.3 is 0 Å². The van der Waals surface area contributed by atoms with Gasteiger partial charge in [0, 0.05) is 0 Å². The molecule has 100 valence electrons. The Morgan fingerprint density at radius 3 is 1.68 bits per heavy atom. The Bertz CT molecular complexity index is 558. The quantitative estimate of drug-likeness (QED) is 0.788. The molecular formula is C16H18O3. The van der Waals surface area contributed by atoms with Crippen molar-refractivity contribution in [3.05, 3.63) is 41.5 Å². The molecule has 0 aliphatic heterocycles. The number of hydrogen-bond acceptors (Lipinski definition) is 3. The van der Waals surface area contributed by atoms with Gasteiger partial charge in [-0.1, -0.05) is 26.0 Å². The zero-order chi connectivity index (χ0) is 14.0. The summed E-state index contributed by atoms with van der Waals surface area (Å²) < 4.78 is 0. The highest BCUT2D eigenvalue weighted by Crippen LogP contribution is 2.42. The molecule has 0 saturated heterocycles. The van der Waals surface area contributed by atoms with Crippen LogP contribution in [0.2, 0.25) is 0 Å². The minimum Gasteiger partial charge on any atom is -0.508 e. The fourth-order valence-electron chi connectivity index (χ4n) is 2.22. The van der Waals surface area contributed by atoms with E-state index < -0.39 is 0 Å². The maximum atomic E-state index is 10.3. The molecule has 0 unspecified atom stereocenters. The Labute approximate surface area is 112 Å². The predicted octanol–water partition coefficient (Wildman–Crippen LogP) is 3.60. The molecule has 0 spiro atoms. The van der Waals surface area contributed by atoms with Crippen LogP contribution in [0.15, 0.2) is 30.3 Å². The van der Waals surface area contributed by atoms with Gasteiger partial charge in [-0.25, -0.2) is 0 Å². The molecule has 0 aliphatic carbocycles. The van der Waals surface area contributed by atoms with Gasteiger partial charge in [0.25, 0.3) is 0 Å². The molecule has 2 aromatic carbocycles. The summed E-state index contributed by atoms with van der Waals surface area (Å²) in [5, 5.41) is 29.9. The predicted molar refractivity (Wildman–Crippen MR) is 75.6 cm³/mol. The van der Waals surface area contributed by atoms with E-state index in [-0.39, 0.29) is 17.2 Å². The van der Waals surface area contributed by atoms with Crippen molar-refractivity contribution in [3.63, 3.8) is 0 Å². The summed E-state index contributed by atoms with van der Waals surface area (Å²) in [4.78, 5) is 0. The largest absolute Gasteiger partial charge is 0.508 e. The summed E-state index contributed by atoms with van der Waals surface area (Å²) in [6, 6.07) is 8.29. The molecule has 3 nitrogen and oxygen atoms in total. The lowest BCUT2D eigenvalue weighted by molar-refractivity contribution is 0.446. The van der Waals surface area contributed by atoms with Crippen molar-refractivity contribution in [1.29, 1.82) is 0 Å². The van der Waals surface area contributed by atoms with E-state index in [9.17, 15) is 15.3 Å². The molecule has 2 rings (SSSR count). The standard InChI is InChI=1S/C16H18O3/c1-3-10-9-11(4-2)16(19)14(15(10)18)12-5-7-13(17)8-6-12/h5-9,17-19H,3-4H2,1-2H3. The van der Waals surface area contributed by atoms with E-state index in [4.69, 9.17) is 0 Å². The summed E-state index contributed by atoms with van der Waals surface area (Å²) in [7, 11) is 0. The Kier molecular flexibility index (Phi) is 3.65. The second-order valence-electron chi connectivity index (χ2n) is 4.52. The van der Waals surface area contributed by atoms with Crippen LogP contribution in [-0.4, -0.2) is 15.3 Å². The number of phenols is 3. The van der Waals surface area contributed by atoms with Crippen LogP contribution >= 0.6 is 0 Å². The van der Waals surface area contributed by atoms with Gasteiger partial charge in [-0.15, -0.1) is 0 Å². The molecule has 3 heteroatoms. The van der Waals surface area contributed by atoms with Crippen LogP contribution < -0.4 is 0 Å². The zero-order valence-corrected chi connectivity index (χ0v) is 11.1. The smallest absolute Gasteiger partial charge is 0.130 e. The van der Waals surface area contributed by atoms with Crippen molar-refractivity contribution in [3.8, 4) is 28.4 Å². The SMILES string of the molecule is CCc1cc(CC)c(O)c(-c2ccc(O)cc2)c1O. The van der Waals surface area contributed by atoms with E-state index >= 15 is 0 Å². The number of hydrogen-bond donors (Lipinski definition) is 3. The van der Waals surface area contributed by atoms with Gasteiger partial charge < -0.3 is 15.3 Å². The first-order valence-electron chi connectivity index (χ1n) is 6.44. The molecule has 0 bridgehead atoms. The number of rotatable bonds is 3. The van der Waals surface area contributed by atoms with Gasteiger partial charge in [-0.2, -0.15) is 0 Å². The van der Waals surface area contributed by atoms with Crippen molar-refractivity contribution in [2.45, 2.75) is 26.7 Å². The van der Waals surface area contributed by atoms with Crippen molar-refractivity contribution >= 4 is 0 Å². The average molecular weight is 258 g/mol. The van der Waals surface area contributed by atoms with Crippen molar-refractivity contribution in [1.82, 2.24) is 0 Å². The summed E-state index contributed by atoms with van der Waals surface area (Å²) in [5.74, 6) is 0.385. The molecule has 0 heterocycles. The lowest BCUT2D eigenvalue weighted by Gasteiger charge is -2.15. The van der Waals surface area contributed by atoms with Gasteiger partial charge in [0.05, 0.1) is 5.56 Å². The molecule has 3 N–H and O–H groups in total. The summed E-state index contributed by atoms with van der Waals surface area (Å²) in [6.45, 7) is 3.93. The highest BCUT2D eigenvalue weighted by atomic mass is 16.3. The summed E-state index contributed by atoms with van der Waals surface area (Å²) in [6.07, 6.45) is 1.40. The maximum Gasteiger partial charge on any atom is 0.130 e. The number of aryl methyl sites for hydroxylation is 2. The van der Waals surface area contributed by atoms with Crippen LogP contribution in [0, 0.1) is 0 Å². The first kappa shape index (κ1) is 13.3. The Morgan fingerprint density at radius 1 is 0.789 bits per heavy atom. The van der Waals surface area contributed by atoms with E-state index in [2.05, 4.69) is 0 Å². The van der Waals surface area contributed by atoms with Crippen LogP contribution in [0.1, 0.15) is 25.0 Å². The molecule has 0 aromatic heterocycles. The Balaban J connectivity index is 2.70. The average Bonchev–Trinajstić information content (AvgIpc) is 2.41. The monoisotopic (exact) mass is 258 g/mol. The fourth-order valence-corrected chi connectivity index (χ4v) is 2.22. The molecule has 0 fully saturated rings. The minimum atomic E-state index is 0.114. The number of phenolic OH excluding ortho intramolecular Hbond substituents is 3. The molecule has 19 heavy (non-hydrogen) atoms. The maximum absolute atomic E-state index is 10.3. The van der Waals surface area contributed by atoms with Crippen LogP contribution in [0.3, 0.4) is 0 Å². The van der Waals surface area contributed by atoms with E-state index in [0.717, 1.165) is 11.1 Å². The van der Waals surface area contributed by atoms with E-state index in [1.54, 1.807) is 24.3 Å². The lowest BCUT2D eigenvalue weighted by Crippen LogP contribution is -1.92. The van der Waals surface area contributed by atoms with Gasteiger partial charge in [0.1, 0.15) is 17.2 Å². The first-order valence-corrected chi connectivity index (χ1v) is 6.44. The molecular weight excluding hydrogens is 240 g/mol. The number of benzene rings is 2. The van der Waals surface area contributed by atoms with Gasteiger partial charge in [0.15, 0.2) is 0 Å². The van der Waals surface area contributed by atoms with E-state index in [1.807, 2.05) is 19.9 Å². The fraction of sp³-hybridized carbons (Fsp3) is 0.250. The molecule has 2 aromatic rings. The summed E-state index contributed by atoms with van der Waals surface area (Å²) >= 11 is 0. The third-order valence-electron chi connectivity index (χ3n) is 3.35. The van der Waals surface area contributed by atoms with Gasteiger partial charge in [-0.05, 0) is 47.7 Å². The zero-order valence-electron chi connectivity index (χ0n) is 11.1. The second-order valence-corrected chi connectivity index (χ2v) is 4.52. The van der Waals surface area contributed by atoms with Crippen LogP contribution in [0.4, 0.5) is 0 Å². The molecule has 0 radical (unpaired) electrons. The van der Waals surface area contributed by atoms with Crippen LogP contribution in [-0.2, 0) is 12.8 Å². The Morgan fingerprint density at radius 2 is 1.26 bits per heavy atom. The van der Waals surface area contributed by atoms with Crippen LogP contribution in [0.25, 0.3) is 11.1 Å². The molecule has 0 saturated carbocycles. The molecule has 0 amide bonds. The van der Waals surface area contributed by atoms with Crippen LogP contribution in [0.5, 0.6) is 17.2 Å². The third kappa shape index (κ3) is 2.36. The minimum absolute atomic E-state index is 0.114. The molecule has 0 atom stereocenters. The third-order valence-corrected chi connectivity index (χ3v) is 3.35. The lowest BCUT2D eigenvalue weighted by atomic mass is 9.94. The molecule has 0 aliphatic rings. The van der Waals surface area contributed by atoms with E-state index in [0.29, 0.717) is 24.0 Å². The van der Waals surface area contributed by atoms with Crippen molar-refractivity contribution in [2.24, 2.45) is 0 Å². The summed E-state index contributed by atoms with van der Waals surface area (Å²) in [5.41, 5.74) is 2.77. The van der Waals surface area contributed by atoms with Gasteiger partial charge in [0.2, 0.25) is 0 Å². The second kappa shape index (κ2) is 5.22. The van der Waals surface area contributed by atoms with E-state index in [1.165, 1.54) is 0 Å². The van der Waals surface area contributed by atoms with Crippen molar-refractivity contribution < 1.29 is 15.3 Å². The number of aromatic hydroxyl groups is 3. The topological polar surface area (TPSA) is 60.7 Å².